The van der Waals surface area contributed by atoms with Crippen molar-refractivity contribution < 1.29 is 13.6 Å². The molecule has 0 spiro atoms. The monoisotopic (exact) mass is 308 g/mol. The van der Waals surface area contributed by atoms with Crippen molar-refractivity contribution in [1.82, 2.24) is 10.2 Å². The Bertz CT molecular complexity index is 535. The fraction of sp³-hybridized carbons (Fsp3) is 0.588. The average molecular weight is 308 g/mol. The molecule has 2 aliphatic rings. The molecule has 1 aromatic carbocycles. The highest BCUT2D eigenvalue weighted by atomic mass is 19.1. The molecule has 3 rings (SSSR count). The summed E-state index contributed by atoms with van der Waals surface area (Å²) in [6.45, 7) is 3.66. The average Bonchev–Trinajstić information content (AvgIpc) is 3.05. The third-order valence-corrected chi connectivity index (χ3v) is 5.01. The molecule has 0 radical (unpaired) electrons. The van der Waals surface area contributed by atoms with Gasteiger partial charge in [-0.25, -0.2) is 8.78 Å². The van der Waals surface area contributed by atoms with Crippen molar-refractivity contribution in [2.45, 2.75) is 25.7 Å². The van der Waals surface area contributed by atoms with Crippen molar-refractivity contribution in [3.05, 3.63) is 35.4 Å². The highest BCUT2D eigenvalue weighted by molar-refractivity contribution is 5.78. The SMILES string of the molecule is O=C(Cc1cc(F)ccc1F)N1CCC(C2CCNC2)CC1. The first-order chi connectivity index (χ1) is 10.6. The summed E-state index contributed by atoms with van der Waals surface area (Å²) in [6.07, 6.45) is 3.21. The van der Waals surface area contributed by atoms with Crippen LogP contribution >= 0.6 is 0 Å². The molecular formula is C17H22F2N2O. The molecule has 1 atom stereocenters. The number of benzene rings is 1. The van der Waals surface area contributed by atoms with Gasteiger partial charge >= 0.3 is 0 Å². The summed E-state index contributed by atoms with van der Waals surface area (Å²) in [4.78, 5) is 14.1. The van der Waals surface area contributed by atoms with Crippen LogP contribution in [0.25, 0.3) is 0 Å². The van der Waals surface area contributed by atoms with E-state index < -0.39 is 11.6 Å². The van der Waals surface area contributed by atoms with Crippen molar-refractivity contribution in [1.29, 1.82) is 0 Å². The highest BCUT2D eigenvalue weighted by Gasteiger charge is 2.30. The lowest BCUT2D eigenvalue weighted by Gasteiger charge is -2.34. The summed E-state index contributed by atoms with van der Waals surface area (Å²) in [6, 6.07) is 3.27. The number of halogens is 2. The predicted molar refractivity (Wildman–Crippen MR) is 80.3 cm³/mol. The van der Waals surface area contributed by atoms with Gasteiger partial charge in [0.05, 0.1) is 6.42 Å². The maximum Gasteiger partial charge on any atom is 0.227 e. The molecule has 0 aliphatic carbocycles. The Balaban J connectivity index is 1.54. The Hall–Kier alpha value is -1.49. The van der Waals surface area contributed by atoms with Crippen LogP contribution < -0.4 is 5.32 Å². The van der Waals surface area contributed by atoms with Gasteiger partial charge in [-0.3, -0.25) is 4.79 Å². The molecule has 5 heteroatoms. The van der Waals surface area contributed by atoms with E-state index in [0.717, 1.165) is 63.1 Å². The van der Waals surface area contributed by atoms with Crippen molar-refractivity contribution in [3.63, 3.8) is 0 Å². The third-order valence-electron chi connectivity index (χ3n) is 5.01. The van der Waals surface area contributed by atoms with E-state index in [2.05, 4.69) is 5.32 Å². The summed E-state index contributed by atoms with van der Waals surface area (Å²) in [5, 5.41) is 3.39. The zero-order valence-electron chi connectivity index (χ0n) is 12.7. The lowest BCUT2D eigenvalue weighted by Crippen LogP contribution is -2.41. The maximum absolute atomic E-state index is 13.6. The van der Waals surface area contributed by atoms with Gasteiger partial charge in [0.2, 0.25) is 5.91 Å². The number of nitrogens with zero attached hydrogens (tertiary/aromatic N) is 1. The van der Waals surface area contributed by atoms with Gasteiger partial charge in [-0.1, -0.05) is 0 Å². The highest BCUT2D eigenvalue weighted by Crippen LogP contribution is 2.29. The molecule has 0 saturated carbocycles. The predicted octanol–water partition coefficient (Wildman–Crippen LogP) is 2.36. The number of carbonyl (C=O) groups excluding carboxylic acids is 1. The van der Waals surface area contributed by atoms with E-state index in [1.807, 2.05) is 0 Å². The molecule has 1 amide bonds. The summed E-state index contributed by atoms with van der Waals surface area (Å²) in [5.41, 5.74) is 0.145. The van der Waals surface area contributed by atoms with Crippen molar-refractivity contribution in [2.75, 3.05) is 26.2 Å². The fourth-order valence-corrected chi connectivity index (χ4v) is 3.65. The minimum absolute atomic E-state index is 0.0563. The van der Waals surface area contributed by atoms with Crippen molar-refractivity contribution in [2.24, 2.45) is 11.8 Å². The van der Waals surface area contributed by atoms with Gasteiger partial charge in [-0.15, -0.1) is 0 Å². The fourth-order valence-electron chi connectivity index (χ4n) is 3.65. The second-order valence-corrected chi connectivity index (χ2v) is 6.38. The van der Waals surface area contributed by atoms with Gasteiger partial charge in [0.25, 0.3) is 0 Å². The summed E-state index contributed by atoms with van der Waals surface area (Å²) in [5.74, 6) is 0.300. The molecule has 1 aromatic rings. The van der Waals surface area contributed by atoms with E-state index in [-0.39, 0.29) is 17.9 Å². The summed E-state index contributed by atoms with van der Waals surface area (Å²) >= 11 is 0. The molecular weight excluding hydrogens is 286 g/mol. The van der Waals surface area contributed by atoms with E-state index in [0.29, 0.717) is 5.92 Å². The van der Waals surface area contributed by atoms with E-state index in [1.165, 1.54) is 6.42 Å². The second-order valence-electron chi connectivity index (χ2n) is 6.38. The van der Waals surface area contributed by atoms with E-state index in [4.69, 9.17) is 0 Å². The van der Waals surface area contributed by atoms with E-state index >= 15 is 0 Å². The van der Waals surface area contributed by atoms with Crippen molar-refractivity contribution >= 4 is 5.91 Å². The Labute approximate surface area is 129 Å². The molecule has 1 unspecified atom stereocenters. The lowest BCUT2D eigenvalue weighted by atomic mass is 9.83. The Morgan fingerprint density at radius 2 is 1.95 bits per heavy atom. The molecule has 2 saturated heterocycles. The molecule has 0 bridgehead atoms. The molecule has 2 aliphatic heterocycles. The zero-order valence-corrected chi connectivity index (χ0v) is 12.7. The number of hydrogen-bond acceptors (Lipinski definition) is 2. The quantitative estimate of drug-likeness (QED) is 0.930. The number of amides is 1. The van der Waals surface area contributed by atoms with Crippen LogP contribution in [0.15, 0.2) is 18.2 Å². The molecule has 120 valence electrons. The summed E-state index contributed by atoms with van der Waals surface area (Å²) in [7, 11) is 0. The van der Waals surface area contributed by atoms with Crippen LogP contribution in [-0.2, 0) is 11.2 Å². The zero-order chi connectivity index (χ0) is 15.5. The van der Waals surface area contributed by atoms with E-state index in [9.17, 15) is 13.6 Å². The standard InChI is InChI=1S/C17H22F2N2O/c18-15-1-2-16(19)14(9-15)10-17(22)21-7-4-12(5-8-21)13-3-6-20-11-13/h1-2,9,12-13,20H,3-8,10-11H2. The van der Waals surface area contributed by atoms with Gasteiger partial charge < -0.3 is 10.2 Å². The number of carbonyl (C=O) groups is 1. The second kappa shape index (κ2) is 6.73. The van der Waals surface area contributed by atoms with Crippen molar-refractivity contribution in [3.8, 4) is 0 Å². The summed E-state index contributed by atoms with van der Waals surface area (Å²) < 4.78 is 26.8. The van der Waals surface area contributed by atoms with Crippen LogP contribution in [0.3, 0.4) is 0 Å². The minimum Gasteiger partial charge on any atom is -0.342 e. The van der Waals surface area contributed by atoms with E-state index in [1.54, 1.807) is 4.90 Å². The number of nitrogens with one attached hydrogen (secondary N) is 1. The molecule has 3 nitrogen and oxygen atoms in total. The van der Waals surface area contributed by atoms with Crippen LogP contribution in [0.4, 0.5) is 8.78 Å². The first-order valence-electron chi connectivity index (χ1n) is 8.06. The van der Waals surface area contributed by atoms with Gasteiger partial charge in [-0.05, 0) is 62.4 Å². The molecule has 2 heterocycles. The number of rotatable bonds is 3. The largest absolute Gasteiger partial charge is 0.342 e. The smallest absolute Gasteiger partial charge is 0.227 e. The number of likely N-dealkylation sites (tertiary alicyclic amines) is 1. The van der Waals surface area contributed by atoms with Gasteiger partial charge in [0, 0.05) is 18.7 Å². The topological polar surface area (TPSA) is 32.3 Å². The van der Waals surface area contributed by atoms with Gasteiger partial charge in [0.15, 0.2) is 0 Å². The number of piperidine rings is 1. The first kappa shape index (κ1) is 15.4. The normalized spacial score (nSPS) is 23.0. The lowest BCUT2D eigenvalue weighted by molar-refractivity contribution is -0.132. The molecule has 0 aromatic heterocycles. The molecule has 22 heavy (non-hydrogen) atoms. The molecule has 2 fully saturated rings. The number of hydrogen-bond donors (Lipinski definition) is 1. The van der Waals surface area contributed by atoms with Crippen LogP contribution in [0.2, 0.25) is 0 Å². The van der Waals surface area contributed by atoms with Gasteiger partial charge in [0.1, 0.15) is 11.6 Å². The van der Waals surface area contributed by atoms with Crippen LogP contribution in [0.5, 0.6) is 0 Å². The Morgan fingerprint density at radius 1 is 1.18 bits per heavy atom. The van der Waals surface area contributed by atoms with Crippen LogP contribution in [0.1, 0.15) is 24.8 Å². The first-order valence-corrected chi connectivity index (χ1v) is 8.06. The third kappa shape index (κ3) is 3.46. The Morgan fingerprint density at radius 3 is 2.64 bits per heavy atom. The maximum atomic E-state index is 13.6. The van der Waals surface area contributed by atoms with Crippen LogP contribution in [0, 0.1) is 23.5 Å². The van der Waals surface area contributed by atoms with Gasteiger partial charge in [-0.2, -0.15) is 0 Å². The Kier molecular flexibility index (Phi) is 4.71. The van der Waals surface area contributed by atoms with Crippen LogP contribution in [-0.4, -0.2) is 37.0 Å². The molecule has 1 N–H and O–H groups in total. The minimum atomic E-state index is -0.512.